The van der Waals surface area contributed by atoms with Gasteiger partial charge < -0.3 is 32.0 Å². The van der Waals surface area contributed by atoms with Crippen molar-refractivity contribution >= 4 is 28.7 Å². The number of aromatic amines is 1. The van der Waals surface area contributed by atoms with Gasteiger partial charge in [0.15, 0.2) is 0 Å². The maximum absolute atomic E-state index is 11.1. The molecular formula is C19H28N4O5. The fraction of sp³-hybridized carbons (Fsp3) is 0.421. The molecule has 1 unspecified atom stereocenters. The summed E-state index contributed by atoms with van der Waals surface area (Å²) in [6.07, 6.45) is 4.21. The van der Waals surface area contributed by atoms with Crippen molar-refractivity contribution in [1.29, 1.82) is 0 Å². The largest absolute Gasteiger partial charge is 0.480 e. The Morgan fingerprint density at radius 3 is 2.39 bits per heavy atom. The molecule has 2 aromatic rings. The van der Waals surface area contributed by atoms with Crippen LogP contribution in [0.2, 0.25) is 0 Å². The van der Waals surface area contributed by atoms with E-state index in [1.165, 1.54) is 6.92 Å². The number of carboxylic acids is 2. The van der Waals surface area contributed by atoms with Crippen LogP contribution in [-0.4, -0.2) is 51.7 Å². The zero-order valence-corrected chi connectivity index (χ0v) is 15.9. The van der Waals surface area contributed by atoms with Crippen LogP contribution in [0.25, 0.3) is 10.9 Å². The molecule has 0 fully saturated rings. The normalized spacial score (nSPS) is 12.5. The quantitative estimate of drug-likeness (QED) is 0.343. The summed E-state index contributed by atoms with van der Waals surface area (Å²) in [5.74, 6) is -2.31. The molecule has 2 rings (SSSR count). The molecule has 1 aromatic carbocycles. The number of unbranched alkanes of at least 4 members (excludes halogenated alkanes) is 1. The third-order valence-corrected chi connectivity index (χ3v) is 4.06. The van der Waals surface area contributed by atoms with E-state index < -0.39 is 24.0 Å². The monoisotopic (exact) mass is 392 g/mol. The third kappa shape index (κ3) is 7.77. The highest BCUT2D eigenvalue weighted by Gasteiger charge is 2.20. The lowest BCUT2D eigenvalue weighted by Crippen LogP contribution is -2.41. The van der Waals surface area contributed by atoms with Crippen LogP contribution in [0.1, 0.15) is 31.7 Å². The van der Waals surface area contributed by atoms with Crippen molar-refractivity contribution in [1.82, 2.24) is 10.3 Å². The molecule has 0 aliphatic rings. The van der Waals surface area contributed by atoms with Crippen LogP contribution in [0, 0.1) is 0 Å². The van der Waals surface area contributed by atoms with E-state index in [4.69, 9.17) is 21.7 Å². The molecule has 0 radical (unpaired) electrons. The second kappa shape index (κ2) is 11.7. The average molecular weight is 392 g/mol. The summed E-state index contributed by atoms with van der Waals surface area (Å²) in [5, 5.41) is 20.8. The molecule has 0 aliphatic heterocycles. The number of carboxylic acid groups (broad SMARTS) is 2. The van der Waals surface area contributed by atoms with Gasteiger partial charge in [0.05, 0.1) is 0 Å². The van der Waals surface area contributed by atoms with Crippen LogP contribution >= 0.6 is 0 Å². The summed E-state index contributed by atoms with van der Waals surface area (Å²) in [6.45, 7) is 1.91. The highest BCUT2D eigenvalue weighted by atomic mass is 16.4. The number of aliphatic carboxylic acids is 2. The second-order valence-electron chi connectivity index (χ2n) is 6.38. The van der Waals surface area contributed by atoms with E-state index in [-0.39, 0.29) is 12.3 Å². The van der Waals surface area contributed by atoms with Crippen molar-refractivity contribution in [3.05, 3.63) is 36.0 Å². The number of aromatic nitrogens is 1. The Labute approximate surface area is 163 Å². The minimum absolute atomic E-state index is 0.263. The molecule has 0 saturated carbocycles. The Bertz CT molecular complexity index is 789. The Balaban J connectivity index is 0.000000336. The number of fused-ring (bicyclic) bond motifs is 1. The maximum atomic E-state index is 11.1. The van der Waals surface area contributed by atoms with Gasteiger partial charge in [-0.15, -0.1) is 0 Å². The van der Waals surface area contributed by atoms with Crippen LogP contribution in [-0.2, 0) is 20.8 Å². The predicted molar refractivity (Wildman–Crippen MR) is 106 cm³/mol. The highest BCUT2D eigenvalue weighted by Crippen LogP contribution is 2.19. The SMILES string of the molecule is CC(=O)N[C@@H](Cc1c[nH]c2ccccc12)C(=O)O.NCCCCC(N)C(=O)O. The molecule has 0 spiro atoms. The number of para-hydroxylation sites is 1. The van der Waals surface area contributed by atoms with Gasteiger partial charge in [0.2, 0.25) is 5.91 Å². The minimum atomic E-state index is -1.03. The van der Waals surface area contributed by atoms with Crippen molar-refractivity contribution in [2.45, 2.75) is 44.7 Å². The van der Waals surface area contributed by atoms with Crippen LogP contribution in [0.4, 0.5) is 0 Å². The number of rotatable bonds is 9. The molecule has 1 amide bonds. The third-order valence-electron chi connectivity index (χ3n) is 4.06. The fourth-order valence-electron chi connectivity index (χ4n) is 2.60. The van der Waals surface area contributed by atoms with E-state index in [1.807, 2.05) is 24.3 Å². The highest BCUT2D eigenvalue weighted by molar-refractivity contribution is 5.86. The molecule has 0 saturated heterocycles. The maximum Gasteiger partial charge on any atom is 0.326 e. The van der Waals surface area contributed by atoms with Gasteiger partial charge in [-0.05, 0) is 31.0 Å². The standard InChI is InChI=1S/C13H14N2O3.C6H14N2O2/c1-8(16)15-12(13(17)18)6-9-7-14-11-5-3-2-4-10(9)11;7-4-2-1-3-5(8)6(9)10/h2-5,7,12,14H,6H2,1H3,(H,15,16)(H,17,18);5H,1-4,7-8H2,(H,9,10)/t12-;/m0./s1. The van der Waals surface area contributed by atoms with Crippen molar-refractivity contribution in [2.24, 2.45) is 11.5 Å². The molecule has 8 N–H and O–H groups in total. The van der Waals surface area contributed by atoms with E-state index in [1.54, 1.807) is 6.20 Å². The van der Waals surface area contributed by atoms with E-state index >= 15 is 0 Å². The number of hydrogen-bond donors (Lipinski definition) is 6. The van der Waals surface area contributed by atoms with E-state index in [0.29, 0.717) is 13.0 Å². The van der Waals surface area contributed by atoms with Gasteiger partial charge in [-0.2, -0.15) is 0 Å². The number of amides is 1. The number of carbonyl (C=O) groups excluding carboxylic acids is 1. The lowest BCUT2D eigenvalue weighted by molar-refractivity contribution is -0.141. The first-order chi connectivity index (χ1) is 13.3. The second-order valence-corrected chi connectivity index (χ2v) is 6.38. The van der Waals surface area contributed by atoms with Crippen molar-refractivity contribution in [3.8, 4) is 0 Å². The topological polar surface area (TPSA) is 172 Å². The number of hydrogen-bond acceptors (Lipinski definition) is 5. The number of H-pyrrole nitrogens is 1. The number of carbonyl (C=O) groups is 3. The Kier molecular flexibility index (Phi) is 9.69. The summed E-state index contributed by atoms with van der Waals surface area (Å²) in [6, 6.07) is 6.04. The van der Waals surface area contributed by atoms with Crippen molar-refractivity contribution in [3.63, 3.8) is 0 Å². The molecule has 9 heteroatoms. The average Bonchev–Trinajstić information content (AvgIpc) is 3.04. The molecule has 154 valence electrons. The fourth-order valence-corrected chi connectivity index (χ4v) is 2.60. The van der Waals surface area contributed by atoms with Crippen molar-refractivity contribution in [2.75, 3.05) is 6.54 Å². The van der Waals surface area contributed by atoms with E-state index in [9.17, 15) is 14.4 Å². The van der Waals surface area contributed by atoms with Gasteiger partial charge in [0, 0.05) is 30.4 Å². The van der Waals surface area contributed by atoms with Gasteiger partial charge in [-0.3, -0.25) is 9.59 Å². The Morgan fingerprint density at radius 2 is 1.82 bits per heavy atom. The van der Waals surface area contributed by atoms with Crippen molar-refractivity contribution < 1.29 is 24.6 Å². The molecule has 1 aromatic heterocycles. The Morgan fingerprint density at radius 1 is 1.14 bits per heavy atom. The van der Waals surface area contributed by atoms with Crippen LogP contribution in [0.5, 0.6) is 0 Å². The minimum Gasteiger partial charge on any atom is -0.480 e. The molecule has 28 heavy (non-hydrogen) atoms. The van der Waals surface area contributed by atoms with Gasteiger partial charge in [0.25, 0.3) is 0 Å². The smallest absolute Gasteiger partial charge is 0.326 e. The summed E-state index contributed by atoms with van der Waals surface area (Å²) in [7, 11) is 0. The number of nitrogens with one attached hydrogen (secondary N) is 2. The number of benzene rings is 1. The van der Waals surface area contributed by atoms with Gasteiger partial charge in [-0.1, -0.05) is 24.6 Å². The summed E-state index contributed by atoms with van der Waals surface area (Å²) >= 11 is 0. The molecule has 0 bridgehead atoms. The molecular weight excluding hydrogens is 364 g/mol. The molecule has 2 atom stereocenters. The van der Waals surface area contributed by atoms with Gasteiger partial charge in [0.1, 0.15) is 12.1 Å². The molecule has 9 nitrogen and oxygen atoms in total. The van der Waals surface area contributed by atoms with Gasteiger partial charge in [-0.25, -0.2) is 4.79 Å². The summed E-state index contributed by atoms with van der Waals surface area (Å²) < 4.78 is 0. The lowest BCUT2D eigenvalue weighted by Gasteiger charge is -2.12. The zero-order chi connectivity index (χ0) is 21.1. The van der Waals surface area contributed by atoms with E-state index in [2.05, 4.69) is 10.3 Å². The molecule has 0 aliphatic carbocycles. The number of nitrogens with two attached hydrogens (primary N) is 2. The van der Waals surface area contributed by atoms with E-state index in [0.717, 1.165) is 29.3 Å². The molecule has 1 heterocycles. The van der Waals surface area contributed by atoms with Gasteiger partial charge >= 0.3 is 11.9 Å². The summed E-state index contributed by atoms with van der Waals surface area (Å²) in [4.78, 5) is 35.3. The van der Waals surface area contributed by atoms with Crippen LogP contribution in [0.15, 0.2) is 30.5 Å². The summed E-state index contributed by atoms with van der Waals surface area (Å²) in [5.41, 5.74) is 12.3. The first-order valence-electron chi connectivity index (χ1n) is 8.99. The first-order valence-corrected chi connectivity index (χ1v) is 8.99. The Hall–Kier alpha value is -2.91. The van der Waals surface area contributed by atoms with Crippen LogP contribution < -0.4 is 16.8 Å². The van der Waals surface area contributed by atoms with Crippen LogP contribution in [0.3, 0.4) is 0 Å². The first kappa shape index (κ1) is 23.1. The lowest BCUT2D eigenvalue weighted by atomic mass is 10.1. The predicted octanol–water partition coefficient (Wildman–Crippen LogP) is 0.827. The zero-order valence-electron chi connectivity index (χ0n) is 15.9.